The van der Waals surface area contributed by atoms with Crippen molar-refractivity contribution in [2.75, 3.05) is 4.90 Å². The van der Waals surface area contributed by atoms with Crippen LogP contribution in [-0.2, 0) is 11.3 Å². The molecule has 1 amide bonds. The fraction of sp³-hybridized carbons (Fsp3) is 0.0526. The molecule has 5 nitrogen and oxygen atoms in total. The maximum absolute atomic E-state index is 14.7. The van der Waals surface area contributed by atoms with Crippen LogP contribution in [0.2, 0.25) is 5.02 Å². The molecule has 212 valence electrons. The van der Waals surface area contributed by atoms with Gasteiger partial charge in [-0.05, 0) is 47.0 Å². The van der Waals surface area contributed by atoms with Crippen molar-refractivity contribution in [3.05, 3.63) is 161 Å². The van der Waals surface area contributed by atoms with Gasteiger partial charge in [0.1, 0.15) is 11.3 Å². The van der Waals surface area contributed by atoms with Crippen LogP contribution in [0.1, 0.15) is 22.6 Å². The Labute approximate surface area is 260 Å². The van der Waals surface area contributed by atoms with Crippen LogP contribution in [0.25, 0.3) is 39.2 Å². The molecule has 8 rings (SSSR count). The lowest BCUT2D eigenvalue weighted by Gasteiger charge is -2.19. The van der Waals surface area contributed by atoms with Crippen LogP contribution in [0.3, 0.4) is 0 Å². The van der Waals surface area contributed by atoms with Crippen molar-refractivity contribution >= 4 is 34.2 Å². The van der Waals surface area contributed by atoms with Crippen LogP contribution >= 0.6 is 11.6 Å². The smallest absolute Gasteiger partial charge is 0.239 e. The molecule has 1 aliphatic rings. The van der Waals surface area contributed by atoms with Crippen LogP contribution < -0.4 is 4.90 Å². The van der Waals surface area contributed by atoms with Crippen molar-refractivity contribution in [2.45, 2.75) is 12.5 Å². The first-order chi connectivity index (χ1) is 21.7. The highest BCUT2D eigenvalue weighted by Crippen LogP contribution is 2.49. The van der Waals surface area contributed by atoms with Gasteiger partial charge in [0.05, 0.1) is 29.2 Å². The zero-order valence-corrected chi connectivity index (χ0v) is 24.4. The quantitative estimate of drug-likeness (QED) is 0.210. The number of nitrogens with one attached hydrogen (secondary N) is 1. The summed E-state index contributed by atoms with van der Waals surface area (Å²) in [4.78, 5) is 20.4. The van der Waals surface area contributed by atoms with Gasteiger partial charge < -0.3 is 9.88 Å². The van der Waals surface area contributed by atoms with Gasteiger partial charge in [-0.15, -0.1) is 0 Å². The van der Waals surface area contributed by atoms with Gasteiger partial charge in [-0.1, -0.05) is 121 Å². The maximum Gasteiger partial charge on any atom is 0.239 e. The molecule has 0 saturated carbocycles. The van der Waals surface area contributed by atoms with Gasteiger partial charge in [0.15, 0.2) is 0 Å². The van der Waals surface area contributed by atoms with E-state index < -0.39 is 5.92 Å². The average molecular weight is 591 g/mol. The Balaban J connectivity index is 1.43. The number of fused-ring (bicyclic) bond motifs is 2. The van der Waals surface area contributed by atoms with Gasteiger partial charge in [0.2, 0.25) is 5.91 Å². The molecular formula is C38H27ClN4O. The molecule has 3 heterocycles. The number of para-hydroxylation sites is 2. The zero-order valence-electron chi connectivity index (χ0n) is 23.7. The van der Waals surface area contributed by atoms with Gasteiger partial charge in [-0.25, -0.2) is 4.68 Å². The molecule has 5 aromatic carbocycles. The molecule has 1 N–H and O–H groups in total. The first-order valence-corrected chi connectivity index (χ1v) is 15.0. The highest BCUT2D eigenvalue weighted by Gasteiger charge is 2.42. The van der Waals surface area contributed by atoms with Crippen molar-refractivity contribution in [1.82, 2.24) is 14.8 Å². The highest BCUT2D eigenvalue weighted by atomic mass is 35.5. The van der Waals surface area contributed by atoms with E-state index in [1.165, 1.54) is 0 Å². The van der Waals surface area contributed by atoms with E-state index in [4.69, 9.17) is 16.7 Å². The minimum atomic E-state index is -0.529. The number of aromatic nitrogens is 3. The van der Waals surface area contributed by atoms with Crippen LogP contribution in [0.15, 0.2) is 140 Å². The summed E-state index contributed by atoms with van der Waals surface area (Å²) < 4.78 is 1.95. The van der Waals surface area contributed by atoms with Gasteiger partial charge in [0, 0.05) is 21.8 Å². The molecule has 2 aromatic heterocycles. The Morgan fingerprint density at radius 2 is 1.34 bits per heavy atom. The number of H-pyrrole nitrogens is 1. The molecule has 0 aliphatic carbocycles. The number of carbonyl (C=O) groups excluding carboxylic acids is 1. The number of hydrogen-bond donors (Lipinski definition) is 1. The second kappa shape index (κ2) is 10.7. The molecule has 1 unspecified atom stereocenters. The standard InChI is InChI=1S/C38H27ClN4O/c39-28-22-20-27(21-23-28)36-34-33(32-30-18-10-11-19-31(30)42(38(32)44)24-25-12-4-1-5-13-25)35(26-14-6-2-7-15-26)40-37(34)43(41-36)29-16-8-3-9-17-29/h1-23,32,40H,24H2. The number of carbonyl (C=O) groups is 1. The number of halogens is 1. The number of aromatic amines is 1. The van der Waals surface area contributed by atoms with Gasteiger partial charge in [-0.3, -0.25) is 4.79 Å². The van der Waals surface area contributed by atoms with Crippen LogP contribution in [0.5, 0.6) is 0 Å². The first-order valence-electron chi connectivity index (χ1n) is 14.6. The molecule has 1 aliphatic heterocycles. The molecule has 1 atom stereocenters. The number of amides is 1. The maximum atomic E-state index is 14.7. The largest absolute Gasteiger partial charge is 0.339 e. The summed E-state index contributed by atoms with van der Waals surface area (Å²) in [5.74, 6) is -0.485. The molecule has 6 heteroatoms. The second-order valence-corrected chi connectivity index (χ2v) is 11.4. The molecule has 0 bridgehead atoms. The number of nitrogens with zero attached hydrogens (tertiary/aromatic N) is 3. The monoisotopic (exact) mass is 590 g/mol. The molecule has 0 saturated heterocycles. The van der Waals surface area contributed by atoms with E-state index in [9.17, 15) is 4.79 Å². The van der Waals surface area contributed by atoms with E-state index in [1.54, 1.807) is 0 Å². The summed E-state index contributed by atoms with van der Waals surface area (Å²) in [6, 6.07) is 46.4. The van der Waals surface area contributed by atoms with E-state index >= 15 is 0 Å². The molecule has 0 fully saturated rings. The topological polar surface area (TPSA) is 53.9 Å². The zero-order chi connectivity index (χ0) is 29.6. The Bertz CT molecular complexity index is 2120. The summed E-state index contributed by atoms with van der Waals surface area (Å²) in [5.41, 5.74) is 9.32. The minimum Gasteiger partial charge on any atom is -0.339 e. The van der Waals surface area contributed by atoms with Crippen LogP contribution in [0, 0.1) is 0 Å². The Morgan fingerprint density at radius 1 is 0.705 bits per heavy atom. The average Bonchev–Trinajstić information content (AvgIpc) is 3.72. The summed E-state index contributed by atoms with van der Waals surface area (Å²) in [6.07, 6.45) is 0. The van der Waals surface area contributed by atoms with E-state index in [0.717, 1.165) is 61.6 Å². The lowest BCUT2D eigenvalue weighted by Crippen LogP contribution is -2.28. The Hall–Kier alpha value is -5.39. The van der Waals surface area contributed by atoms with Crippen molar-refractivity contribution in [3.63, 3.8) is 0 Å². The fourth-order valence-corrected chi connectivity index (χ4v) is 6.51. The van der Waals surface area contributed by atoms with Crippen LogP contribution in [-0.4, -0.2) is 20.7 Å². The summed E-state index contributed by atoms with van der Waals surface area (Å²) in [7, 11) is 0. The highest BCUT2D eigenvalue weighted by molar-refractivity contribution is 6.30. The summed E-state index contributed by atoms with van der Waals surface area (Å²) >= 11 is 6.31. The number of benzene rings is 5. The van der Waals surface area contributed by atoms with Gasteiger partial charge in [-0.2, -0.15) is 5.10 Å². The van der Waals surface area contributed by atoms with E-state index in [1.807, 2.05) is 113 Å². The van der Waals surface area contributed by atoms with Crippen molar-refractivity contribution in [1.29, 1.82) is 0 Å². The van der Waals surface area contributed by atoms with Crippen molar-refractivity contribution in [3.8, 4) is 28.2 Å². The third-order valence-electron chi connectivity index (χ3n) is 8.37. The van der Waals surface area contributed by atoms with E-state index in [0.29, 0.717) is 11.6 Å². The molecular weight excluding hydrogens is 564 g/mol. The predicted molar refractivity (Wildman–Crippen MR) is 177 cm³/mol. The third kappa shape index (κ3) is 4.32. The fourth-order valence-electron chi connectivity index (χ4n) is 6.38. The van der Waals surface area contributed by atoms with Crippen molar-refractivity contribution in [2.24, 2.45) is 0 Å². The Kier molecular flexibility index (Phi) is 6.39. The molecule has 0 spiro atoms. The second-order valence-electron chi connectivity index (χ2n) is 11.0. The van der Waals surface area contributed by atoms with Gasteiger partial charge >= 0.3 is 0 Å². The van der Waals surface area contributed by atoms with Crippen molar-refractivity contribution < 1.29 is 4.79 Å². The molecule has 0 radical (unpaired) electrons. The minimum absolute atomic E-state index is 0.0441. The third-order valence-corrected chi connectivity index (χ3v) is 8.62. The van der Waals surface area contributed by atoms with E-state index in [2.05, 4.69) is 41.4 Å². The lowest BCUT2D eigenvalue weighted by molar-refractivity contribution is -0.118. The van der Waals surface area contributed by atoms with Gasteiger partial charge in [0.25, 0.3) is 0 Å². The first kappa shape index (κ1) is 26.3. The normalized spacial score (nSPS) is 14.3. The Morgan fingerprint density at radius 3 is 2.07 bits per heavy atom. The van der Waals surface area contributed by atoms with Crippen LogP contribution in [0.4, 0.5) is 5.69 Å². The number of rotatable bonds is 6. The number of anilines is 1. The van der Waals surface area contributed by atoms with E-state index in [-0.39, 0.29) is 5.91 Å². The molecule has 44 heavy (non-hydrogen) atoms. The summed E-state index contributed by atoms with van der Waals surface area (Å²) in [5, 5.41) is 6.75. The lowest BCUT2D eigenvalue weighted by atomic mass is 9.88. The summed E-state index contributed by atoms with van der Waals surface area (Å²) in [6.45, 7) is 0.495. The molecule has 7 aromatic rings. The number of hydrogen-bond acceptors (Lipinski definition) is 2. The predicted octanol–water partition coefficient (Wildman–Crippen LogP) is 9.02. The SMILES string of the molecule is O=C1C(c2c(-c3ccccc3)[nH]c3c2c(-c2ccc(Cl)cc2)nn3-c2ccccc2)c2ccccc2N1Cc1ccccc1.